The Hall–Kier alpha value is -2.87. The predicted octanol–water partition coefficient (Wildman–Crippen LogP) is 4.96. The Kier molecular flexibility index (Phi) is 6.12. The number of ether oxygens (including phenoxy) is 1. The van der Waals surface area contributed by atoms with E-state index in [0.29, 0.717) is 22.8 Å². The highest BCUT2D eigenvalue weighted by atomic mass is 32.1. The van der Waals surface area contributed by atoms with Gasteiger partial charge in [0.05, 0.1) is 17.9 Å². The summed E-state index contributed by atoms with van der Waals surface area (Å²) in [6.45, 7) is 4.70. The Morgan fingerprint density at radius 1 is 1.06 bits per heavy atom. The van der Waals surface area contributed by atoms with E-state index < -0.39 is 0 Å². The second-order valence-corrected chi connectivity index (χ2v) is 8.88. The number of para-hydroxylation sites is 1. The van der Waals surface area contributed by atoms with Gasteiger partial charge in [-0.15, -0.1) is 0 Å². The third-order valence-corrected chi connectivity index (χ3v) is 6.86. The fraction of sp³-hybridized carbons (Fsp3) is 0.280. The van der Waals surface area contributed by atoms with Crippen molar-refractivity contribution in [3.8, 4) is 0 Å². The Morgan fingerprint density at radius 3 is 2.69 bits per heavy atom. The summed E-state index contributed by atoms with van der Waals surface area (Å²) in [6, 6.07) is 18.6. The molecule has 3 aromatic carbocycles. The van der Waals surface area contributed by atoms with Gasteiger partial charge in [0.15, 0.2) is 5.13 Å². The van der Waals surface area contributed by atoms with Crippen molar-refractivity contribution in [3.63, 3.8) is 0 Å². The van der Waals surface area contributed by atoms with Crippen LogP contribution >= 0.6 is 11.3 Å². The van der Waals surface area contributed by atoms with Crippen LogP contribution in [0.15, 0.2) is 60.7 Å². The standard InChI is InChI=1S/C25H24FN3O2S/c26-21-10-4-11-22-23(21)27-25(32-22)29(13-5-12-28-14-16-31-17-15-28)24(30)20-9-3-7-18-6-1-2-8-19(18)20/h1-4,6-11H,5,12-17H2. The molecule has 164 valence electrons. The highest BCUT2D eigenvalue weighted by Crippen LogP contribution is 2.32. The summed E-state index contributed by atoms with van der Waals surface area (Å²) < 4.78 is 20.5. The molecule has 0 aliphatic carbocycles. The van der Waals surface area contributed by atoms with Crippen molar-refractivity contribution in [2.45, 2.75) is 6.42 Å². The van der Waals surface area contributed by atoms with E-state index in [1.165, 1.54) is 17.4 Å². The first-order chi connectivity index (χ1) is 15.7. The molecular formula is C25H24FN3O2S. The second-order valence-electron chi connectivity index (χ2n) is 7.87. The van der Waals surface area contributed by atoms with E-state index in [1.807, 2.05) is 48.5 Å². The number of anilines is 1. The maximum atomic E-state index is 14.3. The Morgan fingerprint density at radius 2 is 1.84 bits per heavy atom. The van der Waals surface area contributed by atoms with Gasteiger partial charge in [-0.1, -0.05) is 53.8 Å². The fourth-order valence-electron chi connectivity index (χ4n) is 4.14. The quantitative estimate of drug-likeness (QED) is 0.418. The van der Waals surface area contributed by atoms with Gasteiger partial charge in [0, 0.05) is 31.7 Å². The van der Waals surface area contributed by atoms with Crippen molar-refractivity contribution < 1.29 is 13.9 Å². The highest BCUT2D eigenvalue weighted by molar-refractivity contribution is 7.22. The van der Waals surface area contributed by atoms with Gasteiger partial charge in [-0.05, 0) is 35.4 Å². The van der Waals surface area contributed by atoms with Crippen LogP contribution in [0.4, 0.5) is 9.52 Å². The molecule has 0 N–H and O–H groups in total. The normalized spacial score (nSPS) is 14.8. The minimum atomic E-state index is -0.365. The zero-order valence-electron chi connectivity index (χ0n) is 17.7. The molecule has 2 heterocycles. The lowest BCUT2D eigenvalue weighted by atomic mass is 10.0. The SMILES string of the molecule is O=C(c1cccc2ccccc12)N(CCCN1CCOCC1)c1nc2c(F)cccc2s1. The summed E-state index contributed by atoms with van der Waals surface area (Å²) >= 11 is 1.35. The maximum absolute atomic E-state index is 14.3. The number of amides is 1. The number of fused-ring (bicyclic) bond motifs is 2. The zero-order valence-corrected chi connectivity index (χ0v) is 18.5. The molecule has 32 heavy (non-hydrogen) atoms. The first kappa shape index (κ1) is 21.0. The van der Waals surface area contributed by atoms with Crippen molar-refractivity contribution in [3.05, 3.63) is 72.0 Å². The van der Waals surface area contributed by atoms with Crippen LogP contribution in [-0.4, -0.2) is 55.2 Å². The lowest BCUT2D eigenvalue weighted by molar-refractivity contribution is 0.0376. The average Bonchev–Trinajstić information content (AvgIpc) is 3.27. The van der Waals surface area contributed by atoms with Crippen molar-refractivity contribution in [2.24, 2.45) is 0 Å². The minimum Gasteiger partial charge on any atom is -0.379 e. The molecule has 5 nitrogen and oxygen atoms in total. The molecule has 1 amide bonds. The number of hydrogen-bond acceptors (Lipinski definition) is 5. The maximum Gasteiger partial charge on any atom is 0.260 e. The molecule has 1 aromatic heterocycles. The van der Waals surface area contributed by atoms with Gasteiger partial charge < -0.3 is 4.74 Å². The van der Waals surface area contributed by atoms with E-state index in [2.05, 4.69) is 9.88 Å². The topological polar surface area (TPSA) is 45.7 Å². The van der Waals surface area contributed by atoms with Gasteiger partial charge in [0.25, 0.3) is 5.91 Å². The van der Waals surface area contributed by atoms with Gasteiger partial charge in [-0.3, -0.25) is 14.6 Å². The summed E-state index contributed by atoms with van der Waals surface area (Å²) in [5.74, 6) is -0.473. The van der Waals surface area contributed by atoms with E-state index in [-0.39, 0.29) is 11.7 Å². The molecule has 0 atom stereocenters. The first-order valence-corrected chi connectivity index (χ1v) is 11.7. The molecule has 1 saturated heterocycles. The zero-order chi connectivity index (χ0) is 21.9. The average molecular weight is 450 g/mol. The predicted molar refractivity (Wildman–Crippen MR) is 127 cm³/mol. The van der Waals surface area contributed by atoms with Crippen LogP contribution < -0.4 is 4.90 Å². The van der Waals surface area contributed by atoms with Crippen LogP contribution in [0.2, 0.25) is 0 Å². The van der Waals surface area contributed by atoms with Crippen molar-refractivity contribution in [2.75, 3.05) is 44.3 Å². The number of halogens is 1. The van der Waals surface area contributed by atoms with Crippen LogP contribution in [0.25, 0.3) is 21.0 Å². The van der Waals surface area contributed by atoms with Crippen LogP contribution in [0.5, 0.6) is 0 Å². The Bertz CT molecular complexity index is 1250. The number of aromatic nitrogens is 1. The van der Waals surface area contributed by atoms with Crippen molar-refractivity contribution >= 4 is 43.4 Å². The number of carbonyl (C=O) groups is 1. The molecule has 5 rings (SSSR count). The van der Waals surface area contributed by atoms with Crippen LogP contribution in [0, 0.1) is 5.82 Å². The third-order valence-electron chi connectivity index (χ3n) is 5.81. The fourth-order valence-corrected chi connectivity index (χ4v) is 5.14. The molecule has 0 saturated carbocycles. The Balaban J connectivity index is 1.47. The number of benzene rings is 3. The van der Waals surface area contributed by atoms with E-state index >= 15 is 0 Å². The summed E-state index contributed by atoms with van der Waals surface area (Å²) in [4.78, 5) is 22.4. The van der Waals surface area contributed by atoms with Crippen molar-refractivity contribution in [1.82, 2.24) is 9.88 Å². The summed E-state index contributed by atoms with van der Waals surface area (Å²) in [5, 5.41) is 2.46. The van der Waals surface area contributed by atoms with Gasteiger partial charge >= 0.3 is 0 Å². The van der Waals surface area contributed by atoms with Crippen LogP contribution in [-0.2, 0) is 4.74 Å². The molecule has 7 heteroatoms. The lowest BCUT2D eigenvalue weighted by Crippen LogP contribution is -2.39. The molecule has 4 aromatic rings. The summed E-state index contributed by atoms with van der Waals surface area (Å²) in [7, 11) is 0. The number of rotatable bonds is 6. The first-order valence-electron chi connectivity index (χ1n) is 10.9. The highest BCUT2D eigenvalue weighted by Gasteiger charge is 2.24. The molecule has 0 bridgehead atoms. The Labute approximate surface area is 190 Å². The molecule has 1 fully saturated rings. The molecule has 0 radical (unpaired) electrons. The lowest BCUT2D eigenvalue weighted by Gasteiger charge is -2.28. The number of nitrogens with zero attached hydrogens (tertiary/aromatic N) is 3. The summed E-state index contributed by atoms with van der Waals surface area (Å²) in [6.07, 6.45) is 0.801. The van der Waals surface area contributed by atoms with Gasteiger partial charge in [-0.2, -0.15) is 0 Å². The number of hydrogen-bond donors (Lipinski definition) is 0. The van der Waals surface area contributed by atoms with Gasteiger partial charge in [0.1, 0.15) is 11.3 Å². The van der Waals surface area contributed by atoms with Crippen molar-refractivity contribution in [1.29, 1.82) is 0 Å². The number of morpholine rings is 1. The molecule has 0 unspecified atom stereocenters. The molecule has 1 aliphatic heterocycles. The number of thiazole rings is 1. The van der Waals surface area contributed by atoms with Gasteiger partial charge in [0.2, 0.25) is 0 Å². The van der Waals surface area contributed by atoms with E-state index in [1.54, 1.807) is 11.0 Å². The van der Waals surface area contributed by atoms with Crippen LogP contribution in [0.1, 0.15) is 16.8 Å². The monoisotopic (exact) mass is 449 g/mol. The minimum absolute atomic E-state index is 0.108. The number of carbonyl (C=O) groups excluding carboxylic acids is 1. The van der Waals surface area contributed by atoms with E-state index in [9.17, 15) is 9.18 Å². The third kappa shape index (κ3) is 4.24. The van der Waals surface area contributed by atoms with Gasteiger partial charge in [-0.25, -0.2) is 9.37 Å². The molecule has 1 aliphatic rings. The summed E-state index contributed by atoms with van der Waals surface area (Å²) in [5.41, 5.74) is 0.950. The van der Waals surface area contributed by atoms with E-state index in [0.717, 1.165) is 54.7 Å². The van der Waals surface area contributed by atoms with Crippen LogP contribution in [0.3, 0.4) is 0 Å². The molecule has 0 spiro atoms. The largest absolute Gasteiger partial charge is 0.379 e. The molecular weight excluding hydrogens is 425 g/mol. The van der Waals surface area contributed by atoms with E-state index in [4.69, 9.17) is 4.74 Å². The smallest absolute Gasteiger partial charge is 0.260 e. The second kappa shape index (κ2) is 9.32.